The van der Waals surface area contributed by atoms with E-state index in [1.165, 1.54) is 6.08 Å². The fourth-order valence-corrected chi connectivity index (χ4v) is 1.47. The fourth-order valence-electron chi connectivity index (χ4n) is 1.47. The topological polar surface area (TPSA) is 0 Å². The Bertz CT molecular complexity index is 267. The lowest BCUT2D eigenvalue weighted by atomic mass is 9.90. The number of hydrogen-bond acceptors (Lipinski definition) is 0. The lowest BCUT2D eigenvalue weighted by Gasteiger charge is -2.19. The molecule has 1 atom stereocenters. The molecule has 0 aliphatic heterocycles. The second-order valence-corrected chi connectivity index (χ2v) is 3.77. The smallest absolute Gasteiger partial charge is 0.202 e. The Morgan fingerprint density at radius 2 is 2.00 bits per heavy atom. The second-order valence-electron chi connectivity index (χ2n) is 3.77. The number of halogens is 2. The Balaban J connectivity index is 5.48. The highest BCUT2D eigenvalue weighted by atomic mass is 19.3. The zero-order chi connectivity index (χ0) is 12.1. The third-order valence-corrected chi connectivity index (χ3v) is 2.48. The largest absolute Gasteiger partial charge is 0.270 e. The minimum Gasteiger partial charge on any atom is -0.202 e. The highest BCUT2D eigenvalue weighted by Crippen LogP contribution is 2.31. The fraction of sp³-hybridized carbons (Fsp3) is 0.538. The minimum absolute atomic E-state index is 0.0370. The Labute approximate surface area is 91.4 Å². The summed E-state index contributed by atoms with van der Waals surface area (Å²) in [5, 5.41) is 0. The maximum absolute atomic E-state index is 13.3. The van der Waals surface area contributed by atoms with Gasteiger partial charge in [0.15, 0.2) is 0 Å². The van der Waals surface area contributed by atoms with E-state index in [1.54, 1.807) is 12.2 Å². The average molecular weight is 214 g/mol. The van der Waals surface area contributed by atoms with Gasteiger partial charge in [-0.25, -0.2) is 8.78 Å². The molecular formula is C13H20F2. The van der Waals surface area contributed by atoms with Crippen LogP contribution in [-0.4, -0.2) is 5.92 Å². The molecule has 0 saturated heterocycles. The first-order valence-corrected chi connectivity index (χ1v) is 5.26. The molecule has 0 N–H and O–H groups in total. The molecule has 1 unspecified atom stereocenters. The van der Waals surface area contributed by atoms with Crippen molar-refractivity contribution in [2.75, 3.05) is 0 Å². The quantitative estimate of drug-likeness (QED) is 0.579. The molecule has 0 bridgehead atoms. The van der Waals surface area contributed by atoms with E-state index < -0.39 is 5.92 Å². The average Bonchev–Trinajstić information content (AvgIpc) is 2.14. The zero-order valence-corrected chi connectivity index (χ0v) is 9.98. The van der Waals surface area contributed by atoms with E-state index in [2.05, 4.69) is 6.58 Å². The van der Waals surface area contributed by atoms with Crippen LogP contribution in [0.4, 0.5) is 8.78 Å². The molecule has 0 aromatic heterocycles. The first kappa shape index (κ1) is 14.1. The zero-order valence-electron chi connectivity index (χ0n) is 9.98. The van der Waals surface area contributed by atoms with E-state index in [1.807, 2.05) is 20.8 Å². The van der Waals surface area contributed by atoms with E-state index in [4.69, 9.17) is 0 Å². The van der Waals surface area contributed by atoms with Crippen molar-refractivity contribution in [2.45, 2.75) is 40.0 Å². The Hall–Kier alpha value is -0.920. The predicted octanol–water partition coefficient (Wildman–Crippen LogP) is 4.75. The van der Waals surface area contributed by atoms with E-state index in [0.29, 0.717) is 5.57 Å². The maximum Gasteiger partial charge on any atom is 0.270 e. The van der Waals surface area contributed by atoms with Gasteiger partial charge < -0.3 is 0 Å². The molecule has 0 aliphatic rings. The van der Waals surface area contributed by atoms with Gasteiger partial charge in [0.05, 0.1) is 0 Å². The molecule has 2 heteroatoms. The standard InChI is InChI=1S/C13H20F2/c1-6-9-11(10(4)7-2)12(8-3)13(5,14)15/h6,8-10H,3,7H2,1-2,4-5H3/b9-6-,12-11-. The first-order valence-electron chi connectivity index (χ1n) is 5.26. The molecule has 86 valence electrons. The van der Waals surface area contributed by atoms with Gasteiger partial charge in [-0.1, -0.05) is 38.7 Å². The predicted molar refractivity (Wildman–Crippen MR) is 62.1 cm³/mol. The first-order chi connectivity index (χ1) is 6.88. The summed E-state index contributed by atoms with van der Waals surface area (Å²) < 4.78 is 26.6. The third-order valence-electron chi connectivity index (χ3n) is 2.48. The summed E-state index contributed by atoms with van der Waals surface area (Å²) in [6, 6.07) is 0. The van der Waals surface area contributed by atoms with Crippen molar-refractivity contribution in [2.24, 2.45) is 5.92 Å². The van der Waals surface area contributed by atoms with Crippen LogP contribution in [0.3, 0.4) is 0 Å². The van der Waals surface area contributed by atoms with E-state index in [0.717, 1.165) is 13.3 Å². The lowest BCUT2D eigenvalue weighted by molar-refractivity contribution is 0.0660. The van der Waals surface area contributed by atoms with Gasteiger partial charge in [-0.2, -0.15) is 0 Å². The molecule has 15 heavy (non-hydrogen) atoms. The van der Waals surface area contributed by atoms with Gasteiger partial charge in [-0.3, -0.25) is 0 Å². The molecule has 0 heterocycles. The van der Waals surface area contributed by atoms with Gasteiger partial charge >= 0.3 is 0 Å². The number of rotatable bonds is 5. The van der Waals surface area contributed by atoms with Crippen LogP contribution in [-0.2, 0) is 0 Å². The number of allylic oxidation sites excluding steroid dienone is 5. The lowest BCUT2D eigenvalue weighted by Crippen LogP contribution is -2.16. The molecule has 0 radical (unpaired) electrons. The summed E-state index contributed by atoms with van der Waals surface area (Å²) >= 11 is 0. The van der Waals surface area contributed by atoms with Crippen molar-refractivity contribution in [1.29, 1.82) is 0 Å². The summed E-state index contributed by atoms with van der Waals surface area (Å²) in [6.45, 7) is 10.2. The maximum atomic E-state index is 13.3. The van der Waals surface area contributed by atoms with Gasteiger partial charge in [-0.15, -0.1) is 0 Å². The van der Waals surface area contributed by atoms with Gasteiger partial charge in [-0.05, 0) is 24.8 Å². The van der Waals surface area contributed by atoms with Crippen LogP contribution in [0.2, 0.25) is 0 Å². The van der Waals surface area contributed by atoms with Crippen LogP contribution in [0.1, 0.15) is 34.1 Å². The van der Waals surface area contributed by atoms with Crippen molar-refractivity contribution in [3.8, 4) is 0 Å². The van der Waals surface area contributed by atoms with Crippen molar-refractivity contribution in [3.05, 3.63) is 36.0 Å². The number of hydrogen-bond donors (Lipinski definition) is 0. The van der Waals surface area contributed by atoms with E-state index in [9.17, 15) is 8.78 Å². The van der Waals surface area contributed by atoms with Crippen LogP contribution >= 0.6 is 0 Å². The Morgan fingerprint density at radius 3 is 2.27 bits per heavy atom. The molecule has 0 rings (SSSR count). The number of alkyl halides is 2. The normalized spacial score (nSPS) is 16.4. The molecule has 0 amide bonds. The summed E-state index contributed by atoms with van der Waals surface area (Å²) in [5.74, 6) is -2.69. The molecule has 0 aliphatic carbocycles. The Kier molecular flexibility index (Phi) is 5.48. The van der Waals surface area contributed by atoms with Gasteiger partial charge in [0.2, 0.25) is 0 Å². The SMILES string of the molecule is C=C/C(=C(\C=C/C)C(C)CC)C(C)(F)F. The Morgan fingerprint density at radius 1 is 1.47 bits per heavy atom. The molecule has 0 fully saturated rings. The minimum atomic E-state index is -2.82. The highest BCUT2D eigenvalue weighted by molar-refractivity contribution is 5.37. The molecule has 0 nitrogen and oxygen atoms in total. The van der Waals surface area contributed by atoms with Crippen molar-refractivity contribution < 1.29 is 8.78 Å². The van der Waals surface area contributed by atoms with Gasteiger partial charge in [0, 0.05) is 12.5 Å². The molecule has 0 aromatic carbocycles. The van der Waals surface area contributed by atoms with E-state index >= 15 is 0 Å². The summed E-state index contributed by atoms with van der Waals surface area (Å²) in [4.78, 5) is 0. The second kappa shape index (κ2) is 5.84. The monoisotopic (exact) mass is 214 g/mol. The third kappa shape index (κ3) is 3.98. The molecule has 0 spiro atoms. The van der Waals surface area contributed by atoms with E-state index in [-0.39, 0.29) is 11.5 Å². The van der Waals surface area contributed by atoms with Crippen LogP contribution < -0.4 is 0 Å². The summed E-state index contributed by atoms with van der Waals surface area (Å²) in [6.07, 6.45) is 5.65. The summed E-state index contributed by atoms with van der Waals surface area (Å²) in [5.41, 5.74) is 0.720. The molecular weight excluding hydrogens is 194 g/mol. The van der Waals surface area contributed by atoms with Crippen LogP contribution in [0.15, 0.2) is 36.0 Å². The highest BCUT2D eigenvalue weighted by Gasteiger charge is 2.28. The molecule has 0 saturated carbocycles. The van der Waals surface area contributed by atoms with Crippen LogP contribution in [0, 0.1) is 5.92 Å². The molecule has 0 aromatic rings. The van der Waals surface area contributed by atoms with Crippen LogP contribution in [0.25, 0.3) is 0 Å². The van der Waals surface area contributed by atoms with Gasteiger partial charge in [0.1, 0.15) is 0 Å². The van der Waals surface area contributed by atoms with Crippen molar-refractivity contribution >= 4 is 0 Å². The van der Waals surface area contributed by atoms with Gasteiger partial charge in [0.25, 0.3) is 5.92 Å². The van der Waals surface area contributed by atoms with Crippen molar-refractivity contribution in [3.63, 3.8) is 0 Å². The van der Waals surface area contributed by atoms with Crippen molar-refractivity contribution in [1.82, 2.24) is 0 Å². The summed E-state index contributed by atoms with van der Waals surface area (Å²) in [7, 11) is 0. The van der Waals surface area contributed by atoms with Crippen LogP contribution in [0.5, 0.6) is 0 Å².